The van der Waals surface area contributed by atoms with Gasteiger partial charge in [-0.15, -0.1) is 21.5 Å². The summed E-state index contributed by atoms with van der Waals surface area (Å²) in [6.07, 6.45) is 1.76. The highest BCUT2D eigenvalue weighted by Gasteiger charge is 2.11. The highest BCUT2D eigenvalue weighted by Crippen LogP contribution is 2.24. The Labute approximate surface area is 123 Å². The molecule has 1 aromatic carbocycles. The van der Waals surface area contributed by atoms with E-state index in [1.807, 2.05) is 36.4 Å². The summed E-state index contributed by atoms with van der Waals surface area (Å²) in [5, 5.41) is 12.9. The first-order valence-electron chi connectivity index (χ1n) is 6.28. The smallest absolute Gasteiger partial charge is 0.196 e. The molecule has 0 saturated carbocycles. The normalized spacial score (nSPS) is 11.0. The SMILES string of the molecule is Nc1cccc(-c2ccc3nnc(-c4cncs4)n3n2)c1. The van der Waals surface area contributed by atoms with Crippen molar-refractivity contribution in [3.05, 3.63) is 48.1 Å². The predicted octanol–water partition coefficient (Wildman–Crippen LogP) is 2.50. The van der Waals surface area contributed by atoms with Crippen LogP contribution in [0, 0.1) is 0 Å². The highest BCUT2D eigenvalue weighted by atomic mass is 32.1. The van der Waals surface area contributed by atoms with Crippen LogP contribution in [0.15, 0.2) is 48.1 Å². The van der Waals surface area contributed by atoms with Crippen LogP contribution in [0.5, 0.6) is 0 Å². The zero-order valence-corrected chi connectivity index (χ0v) is 11.7. The van der Waals surface area contributed by atoms with Gasteiger partial charge >= 0.3 is 0 Å². The van der Waals surface area contributed by atoms with Crippen LogP contribution in [-0.2, 0) is 0 Å². The van der Waals surface area contributed by atoms with Gasteiger partial charge < -0.3 is 5.73 Å². The number of benzene rings is 1. The molecular weight excluding hydrogens is 284 g/mol. The lowest BCUT2D eigenvalue weighted by Gasteiger charge is -2.03. The van der Waals surface area contributed by atoms with Crippen molar-refractivity contribution in [3.63, 3.8) is 0 Å². The van der Waals surface area contributed by atoms with Crippen LogP contribution in [-0.4, -0.2) is 24.8 Å². The molecule has 21 heavy (non-hydrogen) atoms. The minimum atomic E-state index is 0.693. The van der Waals surface area contributed by atoms with Gasteiger partial charge in [-0.2, -0.15) is 9.61 Å². The first kappa shape index (κ1) is 12.0. The van der Waals surface area contributed by atoms with Gasteiger partial charge in [0.2, 0.25) is 0 Å². The van der Waals surface area contributed by atoms with Crippen molar-refractivity contribution >= 4 is 22.7 Å². The van der Waals surface area contributed by atoms with Gasteiger partial charge in [0.05, 0.1) is 16.1 Å². The summed E-state index contributed by atoms with van der Waals surface area (Å²) in [4.78, 5) is 5.00. The summed E-state index contributed by atoms with van der Waals surface area (Å²) in [6.45, 7) is 0. The second kappa shape index (κ2) is 4.64. The molecule has 4 rings (SSSR count). The van der Waals surface area contributed by atoms with Crippen molar-refractivity contribution in [2.45, 2.75) is 0 Å². The molecular formula is C14H10N6S. The quantitative estimate of drug-likeness (QED) is 0.574. The number of rotatable bonds is 2. The Morgan fingerprint density at radius 1 is 1.10 bits per heavy atom. The standard InChI is InChI=1S/C14H10N6S/c15-10-3-1-2-9(6-10)11-4-5-13-17-18-14(20(13)19-11)12-7-16-8-21-12/h1-8H,15H2. The minimum absolute atomic E-state index is 0.693. The Balaban J connectivity index is 1.91. The van der Waals surface area contributed by atoms with Crippen LogP contribution >= 0.6 is 11.3 Å². The molecule has 4 aromatic rings. The molecule has 0 aliphatic heterocycles. The van der Waals surface area contributed by atoms with E-state index in [1.54, 1.807) is 16.2 Å². The number of anilines is 1. The van der Waals surface area contributed by atoms with E-state index in [1.165, 1.54) is 11.3 Å². The van der Waals surface area contributed by atoms with Crippen molar-refractivity contribution < 1.29 is 0 Å². The molecule has 3 heterocycles. The number of hydrogen-bond donors (Lipinski definition) is 1. The Kier molecular flexibility index (Phi) is 2.65. The van der Waals surface area contributed by atoms with Crippen LogP contribution in [0.1, 0.15) is 0 Å². The van der Waals surface area contributed by atoms with E-state index in [9.17, 15) is 0 Å². The van der Waals surface area contributed by atoms with E-state index in [0.717, 1.165) is 16.1 Å². The van der Waals surface area contributed by atoms with Gasteiger partial charge in [0.25, 0.3) is 0 Å². The lowest BCUT2D eigenvalue weighted by molar-refractivity contribution is 0.944. The van der Waals surface area contributed by atoms with Gasteiger partial charge in [0.15, 0.2) is 11.5 Å². The fraction of sp³-hybridized carbons (Fsp3) is 0. The molecule has 0 saturated heterocycles. The minimum Gasteiger partial charge on any atom is -0.399 e. The van der Waals surface area contributed by atoms with E-state index in [2.05, 4.69) is 20.3 Å². The van der Waals surface area contributed by atoms with Crippen LogP contribution in [0.2, 0.25) is 0 Å². The summed E-state index contributed by atoms with van der Waals surface area (Å²) >= 11 is 1.51. The molecule has 0 radical (unpaired) electrons. The molecule has 3 aromatic heterocycles. The van der Waals surface area contributed by atoms with E-state index in [4.69, 9.17) is 5.73 Å². The van der Waals surface area contributed by atoms with E-state index >= 15 is 0 Å². The first-order valence-corrected chi connectivity index (χ1v) is 7.16. The summed E-state index contributed by atoms with van der Waals surface area (Å²) in [5.74, 6) is 0.693. The maximum Gasteiger partial charge on any atom is 0.196 e. The number of hydrogen-bond acceptors (Lipinski definition) is 6. The number of fused-ring (bicyclic) bond motifs is 1. The average molecular weight is 294 g/mol. The van der Waals surface area contributed by atoms with Crippen molar-refractivity contribution in [3.8, 4) is 22.0 Å². The summed E-state index contributed by atoms with van der Waals surface area (Å²) in [6, 6.07) is 11.4. The van der Waals surface area contributed by atoms with Crippen LogP contribution < -0.4 is 5.73 Å². The maximum atomic E-state index is 5.83. The third kappa shape index (κ3) is 2.03. The largest absolute Gasteiger partial charge is 0.399 e. The van der Waals surface area contributed by atoms with Gasteiger partial charge in [0, 0.05) is 17.4 Å². The zero-order chi connectivity index (χ0) is 14.2. The van der Waals surface area contributed by atoms with Gasteiger partial charge in [0.1, 0.15) is 0 Å². The van der Waals surface area contributed by atoms with Crippen molar-refractivity contribution in [2.24, 2.45) is 0 Å². The Hall–Kier alpha value is -2.80. The summed E-state index contributed by atoms with van der Waals surface area (Å²) in [7, 11) is 0. The molecule has 0 atom stereocenters. The number of nitrogens with two attached hydrogens (primary N) is 1. The number of nitrogens with zero attached hydrogens (tertiary/aromatic N) is 5. The molecule has 102 valence electrons. The van der Waals surface area contributed by atoms with Crippen molar-refractivity contribution in [1.29, 1.82) is 0 Å². The van der Waals surface area contributed by atoms with E-state index in [0.29, 0.717) is 17.2 Å². The molecule has 0 unspecified atom stereocenters. The van der Waals surface area contributed by atoms with Crippen LogP contribution in [0.25, 0.3) is 27.6 Å². The van der Waals surface area contributed by atoms with E-state index in [-0.39, 0.29) is 0 Å². The Morgan fingerprint density at radius 3 is 2.86 bits per heavy atom. The fourth-order valence-electron chi connectivity index (χ4n) is 2.12. The first-order chi connectivity index (χ1) is 10.3. The predicted molar refractivity (Wildman–Crippen MR) is 81.7 cm³/mol. The summed E-state index contributed by atoms with van der Waals surface area (Å²) in [5.41, 5.74) is 10.8. The topological polar surface area (TPSA) is 82.0 Å². The van der Waals surface area contributed by atoms with Gasteiger partial charge in [-0.1, -0.05) is 12.1 Å². The lowest BCUT2D eigenvalue weighted by Crippen LogP contribution is -1.96. The second-order valence-electron chi connectivity index (χ2n) is 4.50. The summed E-state index contributed by atoms with van der Waals surface area (Å²) < 4.78 is 1.73. The van der Waals surface area contributed by atoms with Gasteiger partial charge in [-0.25, -0.2) is 0 Å². The number of nitrogen functional groups attached to an aromatic ring is 1. The molecule has 6 nitrogen and oxygen atoms in total. The van der Waals surface area contributed by atoms with Gasteiger partial charge in [-0.05, 0) is 24.3 Å². The Morgan fingerprint density at radius 2 is 2.05 bits per heavy atom. The molecule has 0 amide bonds. The second-order valence-corrected chi connectivity index (χ2v) is 5.39. The van der Waals surface area contributed by atoms with Crippen LogP contribution in [0.3, 0.4) is 0 Å². The molecule has 0 fully saturated rings. The molecule has 7 heteroatoms. The van der Waals surface area contributed by atoms with Crippen molar-refractivity contribution in [1.82, 2.24) is 24.8 Å². The third-order valence-electron chi connectivity index (χ3n) is 3.10. The van der Waals surface area contributed by atoms with Gasteiger partial charge in [-0.3, -0.25) is 4.98 Å². The van der Waals surface area contributed by atoms with Crippen molar-refractivity contribution in [2.75, 3.05) is 5.73 Å². The maximum absolute atomic E-state index is 5.83. The van der Waals surface area contributed by atoms with E-state index < -0.39 is 0 Å². The highest BCUT2D eigenvalue weighted by molar-refractivity contribution is 7.13. The molecule has 0 aliphatic rings. The molecule has 0 bridgehead atoms. The zero-order valence-electron chi connectivity index (χ0n) is 10.8. The van der Waals surface area contributed by atoms with Crippen LogP contribution in [0.4, 0.5) is 5.69 Å². The third-order valence-corrected chi connectivity index (χ3v) is 3.87. The fourth-order valence-corrected chi connectivity index (χ4v) is 2.71. The molecule has 2 N–H and O–H groups in total. The number of thiazole rings is 1. The monoisotopic (exact) mass is 294 g/mol. The average Bonchev–Trinajstić information content (AvgIpc) is 3.15. The number of aromatic nitrogens is 5. The lowest BCUT2D eigenvalue weighted by atomic mass is 10.1. The molecule has 0 spiro atoms. The Bertz CT molecular complexity index is 912. The molecule has 0 aliphatic carbocycles.